The van der Waals surface area contributed by atoms with Crippen molar-refractivity contribution < 1.29 is 13.0 Å². The number of benzene rings is 4. The molecule has 25 heavy (non-hydrogen) atoms. The van der Waals surface area contributed by atoms with Gasteiger partial charge in [-0.1, -0.05) is 60.7 Å². The quantitative estimate of drug-likeness (QED) is 0.404. The lowest BCUT2D eigenvalue weighted by Gasteiger charge is -2.14. The lowest BCUT2D eigenvalue weighted by Crippen LogP contribution is -2.04. The highest BCUT2D eigenvalue weighted by molar-refractivity contribution is 7.86. The van der Waals surface area contributed by atoms with Crippen LogP contribution in [0.15, 0.2) is 83.8 Å². The Kier molecular flexibility index (Phi) is 3.67. The first-order chi connectivity index (χ1) is 12.0. The molecule has 0 bridgehead atoms. The van der Waals surface area contributed by atoms with Gasteiger partial charge in [-0.3, -0.25) is 4.55 Å². The molecule has 0 fully saturated rings. The van der Waals surface area contributed by atoms with Crippen molar-refractivity contribution in [1.29, 1.82) is 0 Å². The molecular formula is C20H15NO3S. The van der Waals surface area contributed by atoms with Gasteiger partial charge in [-0.15, -0.1) is 0 Å². The Bertz CT molecular complexity index is 1190. The number of anilines is 2. The van der Waals surface area contributed by atoms with Crippen LogP contribution in [0.3, 0.4) is 0 Å². The maximum Gasteiger partial charge on any atom is 0.297 e. The SMILES string of the molecule is O=S(=O)(O)c1c(Nc2ccccc2)ccc2c1ccc1ccccc12. The van der Waals surface area contributed by atoms with Crippen molar-refractivity contribution in [1.82, 2.24) is 0 Å². The van der Waals surface area contributed by atoms with E-state index in [9.17, 15) is 13.0 Å². The summed E-state index contributed by atoms with van der Waals surface area (Å²) in [6.45, 7) is 0. The molecule has 0 aliphatic carbocycles. The summed E-state index contributed by atoms with van der Waals surface area (Å²) < 4.78 is 34.1. The summed E-state index contributed by atoms with van der Waals surface area (Å²) in [5.74, 6) is 0. The first-order valence-electron chi connectivity index (χ1n) is 7.78. The van der Waals surface area contributed by atoms with Gasteiger partial charge in [0.2, 0.25) is 0 Å². The molecule has 0 spiro atoms. The Morgan fingerprint density at radius 2 is 1.36 bits per heavy atom. The van der Waals surface area contributed by atoms with E-state index in [0.717, 1.165) is 21.8 Å². The maximum atomic E-state index is 12.1. The fourth-order valence-corrected chi connectivity index (χ4v) is 3.97. The minimum absolute atomic E-state index is 0.111. The van der Waals surface area contributed by atoms with E-state index in [-0.39, 0.29) is 4.90 Å². The van der Waals surface area contributed by atoms with Crippen LogP contribution in [0.25, 0.3) is 21.5 Å². The van der Waals surface area contributed by atoms with Crippen molar-refractivity contribution in [3.63, 3.8) is 0 Å². The maximum absolute atomic E-state index is 12.1. The molecule has 4 rings (SSSR count). The molecule has 0 aliphatic heterocycles. The predicted octanol–water partition coefficient (Wildman–Crippen LogP) is 4.98. The lowest BCUT2D eigenvalue weighted by atomic mass is 10.0. The van der Waals surface area contributed by atoms with Crippen molar-refractivity contribution in [3.05, 3.63) is 78.9 Å². The summed E-state index contributed by atoms with van der Waals surface area (Å²) in [7, 11) is -4.41. The van der Waals surface area contributed by atoms with Gasteiger partial charge in [0.1, 0.15) is 4.90 Å². The van der Waals surface area contributed by atoms with Gasteiger partial charge in [0.05, 0.1) is 5.69 Å². The summed E-state index contributed by atoms with van der Waals surface area (Å²) in [5, 5.41) is 6.30. The number of fused-ring (bicyclic) bond motifs is 3. The van der Waals surface area contributed by atoms with Crippen molar-refractivity contribution >= 4 is 43.0 Å². The second kappa shape index (κ2) is 5.88. The average Bonchev–Trinajstić information content (AvgIpc) is 2.61. The van der Waals surface area contributed by atoms with E-state index < -0.39 is 10.1 Å². The summed E-state index contributed by atoms with van der Waals surface area (Å²) >= 11 is 0. The van der Waals surface area contributed by atoms with Gasteiger partial charge in [0.15, 0.2) is 0 Å². The Morgan fingerprint density at radius 1 is 0.680 bits per heavy atom. The largest absolute Gasteiger partial charge is 0.354 e. The van der Waals surface area contributed by atoms with Crippen LogP contribution in [0, 0.1) is 0 Å². The summed E-state index contributed by atoms with van der Waals surface area (Å²) in [6.07, 6.45) is 0. The minimum atomic E-state index is -4.41. The highest BCUT2D eigenvalue weighted by Gasteiger charge is 2.20. The van der Waals surface area contributed by atoms with E-state index in [0.29, 0.717) is 11.1 Å². The molecule has 0 aliphatic rings. The first kappa shape index (κ1) is 15.6. The smallest absolute Gasteiger partial charge is 0.297 e. The van der Waals surface area contributed by atoms with Gasteiger partial charge < -0.3 is 5.32 Å². The monoisotopic (exact) mass is 349 g/mol. The van der Waals surface area contributed by atoms with Gasteiger partial charge in [-0.05, 0) is 34.4 Å². The summed E-state index contributed by atoms with van der Waals surface area (Å²) in [6, 6.07) is 24.1. The molecule has 0 aromatic heterocycles. The van der Waals surface area contributed by atoms with Gasteiger partial charge in [0.25, 0.3) is 10.1 Å². The van der Waals surface area contributed by atoms with E-state index in [4.69, 9.17) is 0 Å². The Labute approximate surface area is 145 Å². The van der Waals surface area contributed by atoms with Crippen molar-refractivity contribution in [2.45, 2.75) is 4.90 Å². The summed E-state index contributed by atoms with van der Waals surface area (Å²) in [4.78, 5) is -0.111. The van der Waals surface area contributed by atoms with Gasteiger partial charge in [-0.25, -0.2) is 0 Å². The van der Waals surface area contributed by atoms with E-state index in [1.165, 1.54) is 0 Å². The Balaban J connectivity index is 2.03. The molecule has 0 saturated heterocycles. The molecule has 5 heteroatoms. The Morgan fingerprint density at radius 3 is 2.12 bits per heavy atom. The van der Waals surface area contributed by atoms with Gasteiger partial charge in [-0.2, -0.15) is 8.42 Å². The van der Waals surface area contributed by atoms with Crippen LogP contribution in [-0.2, 0) is 10.1 Å². The third-order valence-corrected chi connectivity index (χ3v) is 5.14. The van der Waals surface area contributed by atoms with Crippen LogP contribution in [0.1, 0.15) is 0 Å². The van der Waals surface area contributed by atoms with Crippen LogP contribution in [0.4, 0.5) is 11.4 Å². The van der Waals surface area contributed by atoms with Gasteiger partial charge >= 0.3 is 0 Å². The van der Waals surface area contributed by atoms with E-state index in [2.05, 4.69) is 5.32 Å². The van der Waals surface area contributed by atoms with Crippen LogP contribution in [-0.4, -0.2) is 13.0 Å². The zero-order valence-electron chi connectivity index (χ0n) is 13.2. The number of rotatable bonds is 3. The standard InChI is InChI=1S/C20H15NO3S/c22-25(23,24)20-18-11-10-14-6-4-5-9-16(14)17(18)12-13-19(20)21-15-7-2-1-3-8-15/h1-13,21H,(H,22,23,24). The van der Waals surface area contributed by atoms with E-state index >= 15 is 0 Å². The minimum Gasteiger partial charge on any atom is -0.354 e. The van der Waals surface area contributed by atoms with Crippen LogP contribution >= 0.6 is 0 Å². The molecule has 4 nitrogen and oxygen atoms in total. The van der Waals surface area contributed by atoms with Gasteiger partial charge in [0, 0.05) is 11.1 Å². The molecule has 2 N–H and O–H groups in total. The number of hydrogen-bond acceptors (Lipinski definition) is 3. The third kappa shape index (κ3) is 2.84. The second-order valence-electron chi connectivity index (χ2n) is 5.79. The third-order valence-electron chi connectivity index (χ3n) is 4.19. The summed E-state index contributed by atoms with van der Waals surface area (Å²) in [5.41, 5.74) is 1.09. The van der Waals surface area contributed by atoms with E-state index in [1.54, 1.807) is 12.1 Å². The fraction of sp³-hybridized carbons (Fsp3) is 0. The molecule has 4 aromatic rings. The zero-order chi connectivity index (χ0) is 17.4. The Hall–Kier alpha value is -2.89. The highest BCUT2D eigenvalue weighted by atomic mass is 32.2. The molecular weight excluding hydrogens is 334 g/mol. The lowest BCUT2D eigenvalue weighted by molar-refractivity contribution is 0.484. The zero-order valence-corrected chi connectivity index (χ0v) is 14.0. The second-order valence-corrected chi connectivity index (χ2v) is 7.15. The van der Waals surface area contributed by atoms with E-state index in [1.807, 2.05) is 66.7 Å². The number of para-hydroxylation sites is 1. The number of nitrogens with one attached hydrogen (secondary N) is 1. The molecule has 0 radical (unpaired) electrons. The fourth-order valence-electron chi connectivity index (χ4n) is 3.11. The normalized spacial score (nSPS) is 11.7. The predicted molar refractivity (Wildman–Crippen MR) is 101 cm³/mol. The molecule has 0 unspecified atom stereocenters. The average molecular weight is 349 g/mol. The molecule has 0 amide bonds. The van der Waals surface area contributed by atoms with Crippen molar-refractivity contribution in [2.75, 3.05) is 5.32 Å². The van der Waals surface area contributed by atoms with Crippen LogP contribution in [0.2, 0.25) is 0 Å². The van der Waals surface area contributed by atoms with Crippen molar-refractivity contribution in [2.24, 2.45) is 0 Å². The molecule has 0 saturated carbocycles. The molecule has 0 atom stereocenters. The first-order valence-corrected chi connectivity index (χ1v) is 9.22. The molecule has 4 aromatic carbocycles. The van der Waals surface area contributed by atoms with Crippen molar-refractivity contribution in [3.8, 4) is 0 Å². The topological polar surface area (TPSA) is 66.4 Å². The highest BCUT2D eigenvalue weighted by Crippen LogP contribution is 2.35. The molecule has 124 valence electrons. The molecule has 0 heterocycles. The number of hydrogen-bond donors (Lipinski definition) is 2. The van der Waals surface area contributed by atoms with Crippen LogP contribution in [0.5, 0.6) is 0 Å². The van der Waals surface area contributed by atoms with Crippen LogP contribution < -0.4 is 5.32 Å².